The largest absolute Gasteiger partial charge is 0.311 e. The van der Waals surface area contributed by atoms with Gasteiger partial charge in [0.2, 0.25) is 0 Å². The third-order valence-electron chi connectivity index (χ3n) is 2.83. The fourth-order valence-corrected chi connectivity index (χ4v) is 2.30. The number of nitriles is 1. The highest BCUT2D eigenvalue weighted by Gasteiger charge is 2.29. The van der Waals surface area contributed by atoms with E-state index in [-0.39, 0.29) is 12.4 Å². The van der Waals surface area contributed by atoms with Gasteiger partial charge < -0.3 is 5.32 Å². The highest BCUT2D eigenvalue weighted by atomic mass is 35.5. The van der Waals surface area contributed by atoms with Gasteiger partial charge in [-0.1, -0.05) is 11.6 Å². The molecule has 2 bridgehead atoms. The Bertz CT molecular complexity index is 228. The second-order valence-corrected chi connectivity index (χ2v) is 3.77. The highest BCUT2D eigenvalue weighted by Crippen LogP contribution is 2.30. The molecular formula is C10H15ClN2. The van der Waals surface area contributed by atoms with Gasteiger partial charge in [0, 0.05) is 12.1 Å². The van der Waals surface area contributed by atoms with E-state index in [1.165, 1.54) is 31.3 Å². The maximum absolute atomic E-state index is 8.43. The molecule has 0 amide bonds. The third-order valence-corrected chi connectivity index (χ3v) is 2.83. The Morgan fingerprint density at radius 1 is 1.38 bits per heavy atom. The smallest absolute Gasteiger partial charge is 0.0663 e. The minimum absolute atomic E-state index is 0. The summed E-state index contributed by atoms with van der Waals surface area (Å²) in [4.78, 5) is 0. The molecule has 0 aliphatic carbocycles. The molecule has 2 atom stereocenters. The van der Waals surface area contributed by atoms with Crippen molar-refractivity contribution in [1.29, 1.82) is 5.26 Å². The van der Waals surface area contributed by atoms with E-state index in [9.17, 15) is 0 Å². The fraction of sp³-hybridized carbons (Fsp3) is 0.700. The normalized spacial score (nSPS) is 30.5. The number of hydrogen-bond acceptors (Lipinski definition) is 2. The van der Waals surface area contributed by atoms with E-state index in [1.807, 2.05) is 0 Å². The van der Waals surface area contributed by atoms with Crippen molar-refractivity contribution < 1.29 is 0 Å². The van der Waals surface area contributed by atoms with E-state index in [1.54, 1.807) is 0 Å². The number of rotatable bonds is 1. The maximum atomic E-state index is 8.43. The van der Waals surface area contributed by atoms with Crippen LogP contribution in [0, 0.1) is 11.3 Å². The summed E-state index contributed by atoms with van der Waals surface area (Å²) in [6.45, 7) is 0. The molecule has 2 fully saturated rings. The van der Waals surface area contributed by atoms with Crippen molar-refractivity contribution in [2.75, 3.05) is 0 Å². The standard InChI is InChI=1S/C10H14N2.ClH/c11-5-1-2-8-6-9-3-4-10(7-8)12-9;/h2,9-10,12H,1,3-4,6-7H2;1H. The first-order valence-corrected chi connectivity index (χ1v) is 4.69. The second kappa shape index (κ2) is 4.64. The van der Waals surface area contributed by atoms with Crippen molar-refractivity contribution in [1.82, 2.24) is 5.32 Å². The molecule has 13 heavy (non-hydrogen) atoms. The highest BCUT2D eigenvalue weighted by molar-refractivity contribution is 5.85. The molecule has 2 aliphatic heterocycles. The number of allylic oxidation sites excluding steroid dienone is 1. The Kier molecular flexibility index (Phi) is 3.77. The van der Waals surface area contributed by atoms with Crippen LogP contribution in [0.4, 0.5) is 0 Å². The molecule has 1 N–H and O–H groups in total. The molecule has 2 saturated heterocycles. The van der Waals surface area contributed by atoms with Gasteiger partial charge in [0.25, 0.3) is 0 Å². The number of nitrogens with zero attached hydrogens (tertiary/aromatic N) is 1. The van der Waals surface area contributed by atoms with Gasteiger partial charge in [-0.2, -0.15) is 5.26 Å². The lowest BCUT2D eigenvalue weighted by molar-refractivity contribution is 0.473. The van der Waals surface area contributed by atoms with Gasteiger partial charge in [-0.15, -0.1) is 12.4 Å². The third kappa shape index (κ3) is 2.46. The lowest BCUT2D eigenvalue weighted by Crippen LogP contribution is -2.34. The van der Waals surface area contributed by atoms with Crippen LogP contribution in [0.2, 0.25) is 0 Å². The number of piperidine rings is 1. The summed E-state index contributed by atoms with van der Waals surface area (Å²) in [5.41, 5.74) is 1.50. The first-order valence-electron chi connectivity index (χ1n) is 4.69. The van der Waals surface area contributed by atoms with Crippen LogP contribution in [-0.2, 0) is 0 Å². The molecule has 2 aliphatic rings. The average molecular weight is 199 g/mol. The van der Waals surface area contributed by atoms with Crippen LogP contribution in [0.15, 0.2) is 11.6 Å². The minimum atomic E-state index is 0. The Morgan fingerprint density at radius 2 is 2.00 bits per heavy atom. The van der Waals surface area contributed by atoms with Crippen molar-refractivity contribution >= 4 is 12.4 Å². The summed E-state index contributed by atoms with van der Waals surface area (Å²) < 4.78 is 0. The van der Waals surface area contributed by atoms with E-state index in [0.29, 0.717) is 18.5 Å². The first kappa shape index (κ1) is 10.6. The van der Waals surface area contributed by atoms with Crippen LogP contribution in [-0.4, -0.2) is 12.1 Å². The topological polar surface area (TPSA) is 35.8 Å². The molecule has 0 saturated carbocycles. The number of hydrogen-bond donors (Lipinski definition) is 1. The lowest BCUT2D eigenvalue weighted by Gasteiger charge is -2.23. The molecule has 0 aromatic rings. The number of nitrogens with one attached hydrogen (secondary N) is 1. The Morgan fingerprint density at radius 3 is 2.54 bits per heavy atom. The van der Waals surface area contributed by atoms with Crippen LogP contribution >= 0.6 is 12.4 Å². The Balaban J connectivity index is 0.000000845. The van der Waals surface area contributed by atoms with Crippen LogP contribution < -0.4 is 5.32 Å². The number of halogens is 1. The summed E-state index contributed by atoms with van der Waals surface area (Å²) in [5.74, 6) is 0. The van der Waals surface area contributed by atoms with E-state index in [4.69, 9.17) is 5.26 Å². The van der Waals surface area contributed by atoms with Gasteiger partial charge in [0.05, 0.1) is 12.5 Å². The van der Waals surface area contributed by atoms with E-state index in [0.717, 1.165) is 0 Å². The molecule has 3 heteroatoms. The minimum Gasteiger partial charge on any atom is -0.311 e. The van der Waals surface area contributed by atoms with E-state index < -0.39 is 0 Å². The summed E-state index contributed by atoms with van der Waals surface area (Å²) in [6, 6.07) is 3.60. The summed E-state index contributed by atoms with van der Waals surface area (Å²) >= 11 is 0. The molecule has 2 nitrogen and oxygen atoms in total. The van der Waals surface area contributed by atoms with Gasteiger partial charge in [0.15, 0.2) is 0 Å². The zero-order valence-electron chi connectivity index (χ0n) is 7.62. The molecule has 0 radical (unpaired) electrons. The van der Waals surface area contributed by atoms with Crippen LogP contribution in [0.3, 0.4) is 0 Å². The van der Waals surface area contributed by atoms with Gasteiger partial charge in [-0.25, -0.2) is 0 Å². The summed E-state index contributed by atoms with van der Waals surface area (Å²) in [6.07, 6.45) is 7.72. The van der Waals surface area contributed by atoms with Gasteiger partial charge in [-0.05, 0) is 25.7 Å². The van der Waals surface area contributed by atoms with Crippen LogP contribution in [0.5, 0.6) is 0 Å². The molecule has 2 unspecified atom stereocenters. The van der Waals surface area contributed by atoms with Crippen molar-refractivity contribution in [2.45, 2.75) is 44.2 Å². The molecule has 2 rings (SSSR count). The monoisotopic (exact) mass is 198 g/mol. The number of fused-ring (bicyclic) bond motifs is 2. The predicted molar refractivity (Wildman–Crippen MR) is 54.7 cm³/mol. The Hall–Kier alpha value is -0.520. The van der Waals surface area contributed by atoms with Crippen molar-refractivity contribution in [2.24, 2.45) is 0 Å². The summed E-state index contributed by atoms with van der Waals surface area (Å²) in [7, 11) is 0. The van der Waals surface area contributed by atoms with E-state index in [2.05, 4.69) is 17.5 Å². The van der Waals surface area contributed by atoms with Gasteiger partial charge in [0.1, 0.15) is 0 Å². The quantitative estimate of drug-likeness (QED) is 0.656. The van der Waals surface area contributed by atoms with E-state index >= 15 is 0 Å². The summed E-state index contributed by atoms with van der Waals surface area (Å²) in [5, 5.41) is 12.0. The molecule has 0 aromatic carbocycles. The van der Waals surface area contributed by atoms with Gasteiger partial charge in [-0.3, -0.25) is 0 Å². The SMILES string of the molecule is Cl.N#CCC=C1CC2CCC(C1)N2. The zero-order valence-corrected chi connectivity index (χ0v) is 8.44. The van der Waals surface area contributed by atoms with Crippen molar-refractivity contribution in [3.05, 3.63) is 11.6 Å². The fourth-order valence-electron chi connectivity index (χ4n) is 2.30. The molecule has 0 aromatic heterocycles. The maximum Gasteiger partial charge on any atom is 0.0663 e. The first-order chi connectivity index (χ1) is 5.88. The van der Waals surface area contributed by atoms with Gasteiger partial charge >= 0.3 is 0 Å². The van der Waals surface area contributed by atoms with Crippen LogP contribution in [0.25, 0.3) is 0 Å². The predicted octanol–water partition coefficient (Wildman–Crippen LogP) is 2.16. The van der Waals surface area contributed by atoms with Crippen molar-refractivity contribution in [3.8, 4) is 6.07 Å². The lowest BCUT2D eigenvalue weighted by atomic mass is 9.98. The average Bonchev–Trinajstić information content (AvgIpc) is 2.42. The van der Waals surface area contributed by atoms with Crippen molar-refractivity contribution in [3.63, 3.8) is 0 Å². The molecular weight excluding hydrogens is 184 g/mol. The molecule has 2 heterocycles. The molecule has 0 spiro atoms. The van der Waals surface area contributed by atoms with Crippen LogP contribution in [0.1, 0.15) is 32.1 Å². The molecule has 72 valence electrons. The Labute approximate surface area is 85.4 Å². The second-order valence-electron chi connectivity index (χ2n) is 3.77. The zero-order chi connectivity index (χ0) is 8.39.